The number of aliphatic imine (C=N–C) groups is 1. The first-order valence-electron chi connectivity index (χ1n) is 11.3. The smallest absolute Gasteiger partial charge is 0.175 e. The van der Waals surface area contributed by atoms with Crippen LogP contribution >= 0.6 is 22.6 Å². The van der Waals surface area contributed by atoms with Gasteiger partial charge in [0.05, 0.1) is 22.4 Å². The van der Waals surface area contributed by atoms with E-state index in [1.807, 2.05) is 18.3 Å². The van der Waals surface area contributed by atoms with E-state index in [9.17, 15) is 0 Å². The lowest BCUT2D eigenvalue weighted by Crippen LogP contribution is -2.28. The Morgan fingerprint density at radius 2 is 2.00 bits per heavy atom. The summed E-state index contributed by atoms with van der Waals surface area (Å²) in [5, 5.41) is 3.78. The molecule has 0 amide bonds. The maximum absolute atomic E-state index is 5.62. The van der Waals surface area contributed by atoms with Crippen LogP contribution in [0.15, 0.2) is 77.8 Å². The number of halogens is 1. The highest BCUT2D eigenvalue weighted by Crippen LogP contribution is 2.49. The summed E-state index contributed by atoms with van der Waals surface area (Å²) in [6.07, 6.45) is 12.9. The highest BCUT2D eigenvalue weighted by Gasteiger charge is 2.37. The molecule has 0 saturated heterocycles. The van der Waals surface area contributed by atoms with Crippen molar-refractivity contribution in [1.82, 2.24) is 0 Å². The molecule has 34 heavy (non-hydrogen) atoms. The van der Waals surface area contributed by atoms with Gasteiger partial charge in [0, 0.05) is 17.8 Å². The van der Waals surface area contributed by atoms with Crippen LogP contribution in [0.5, 0.6) is 11.5 Å². The van der Waals surface area contributed by atoms with E-state index in [0.29, 0.717) is 23.3 Å². The minimum atomic E-state index is 0.200. The monoisotopic (exact) mass is 560 g/mol. The van der Waals surface area contributed by atoms with Crippen molar-refractivity contribution in [3.8, 4) is 23.8 Å². The van der Waals surface area contributed by atoms with E-state index >= 15 is 0 Å². The van der Waals surface area contributed by atoms with E-state index in [2.05, 4.69) is 99.5 Å². The SMILES string of the molecule is C#CCOc1c(I)cc(C=Nc2ccc([C@@H]3Nc4ccccc4[C@@H]4C=CC[C@H]43)cc2)cc1OC. The van der Waals surface area contributed by atoms with Gasteiger partial charge in [-0.15, -0.1) is 6.42 Å². The second kappa shape index (κ2) is 9.94. The summed E-state index contributed by atoms with van der Waals surface area (Å²) in [6.45, 7) is 0.200. The van der Waals surface area contributed by atoms with Gasteiger partial charge in [0.25, 0.3) is 0 Å². The first-order chi connectivity index (χ1) is 16.7. The maximum Gasteiger partial charge on any atom is 0.175 e. The maximum atomic E-state index is 5.62. The molecule has 4 nitrogen and oxygen atoms in total. The molecule has 3 aromatic carbocycles. The average molecular weight is 560 g/mol. The van der Waals surface area contributed by atoms with Gasteiger partial charge in [-0.25, -0.2) is 0 Å². The largest absolute Gasteiger partial charge is 0.493 e. The molecule has 0 radical (unpaired) electrons. The van der Waals surface area contributed by atoms with Crippen LogP contribution in [-0.4, -0.2) is 19.9 Å². The Morgan fingerprint density at radius 3 is 2.79 bits per heavy atom. The third-order valence-electron chi connectivity index (χ3n) is 6.44. The summed E-state index contributed by atoms with van der Waals surface area (Å²) in [5.41, 5.74) is 5.77. The van der Waals surface area contributed by atoms with Crippen molar-refractivity contribution in [2.45, 2.75) is 18.4 Å². The van der Waals surface area contributed by atoms with Gasteiger partial charge in [-0.1, -0.05) is 48.4 Å². The van der Waals surface area contributed by atoms with Gasteiger partial charge in [0.15, 0.2) is 11.5 Å². The van der Waals surface area contributed by atoms with Gasteiger partial charge in [0.2, 0.25) is 0 Å². The van der Waals surface area contributed by atoms with Gasteiger partial charge in [-0.3, -0.25) is 4.99 Å². The number of nitrogens with one attached hydrogen (secondary N) is 1. The summed E-state index contributed by atoms with van der Waals surface area (Å²) in [6, 6.07) is 21.4. The zero-order chi connectivity index (χ0) is 23.5. The van der Waals surface area contributed by atoms with Crippen LogP contribution in [0, 0.1) is 21.8 Å². The van der Waals surface area contributed by atoms with Crippen molar-refractivity contribution in [3.63, 3.8) is 0 Å². The zero-order valence-corrected chi connectivity index (χ0v) is 21.0. The quantitative estimate of drug-likeness (QED) is 0.155. The molecule has 0 aromatic heterocycles. The Kier molecular flexibility index (Phi) is 6.59. The first-order valence-corrected chi connectivity index (χ1v) is 12.4. The van der Waals surface area contributed by atoms with Gasteiger partial charge in [-0.2, -0.15) is 0 Å². The molecule has 1 aliphatic heterocycles. The second-order valence-electron chi connectivity index (χ2n) is 8.44. The third-order valence-corrected chi connectivity index (χ3v) is 7.24. The van der Waals surface area contributed by atoms with Crippen molar-refractivity contribution in [2.24, 2.45) is 10.9 Å². The highest BCUT2D eigenvalue weighted by molar-refractivity contribution is 14.1. The number of methoxy groups -OCH3 is 1. The van der Waals surface area contributed by atoms with Crippen LogP contribution in [0.3, 0.4) is 0 Å². The lowest BCUT2D eigenvalue weighted by atomic mass is 9.77. The van der Waals surface area contributed by atoms with Gasteiger partial charge >= 0.3 is 0 Å². The number of anilines is 1. The number of para-hydroxylation sites is 1. The molecule has 2 aliphatic rings. The molecule has 0 bridgehead atoms. The minimum absolute atomic E-state index is 0.200. The summed E-state index contributed by atoms with van der Waals surface area (Å²) in [7, 11) is 1.62. The molecule has 170 valence electrons. The predicted molar refractivity (Wildman–Crippen MR) is 147 cm³/mol. The fourth-order valence-corrected chi connectivity index (χ4v) is 5.64. The Bertz CT molecular complexity index is 1290. The molecule has 0 saturated carbocycles. The zero-order valence-electron chi connectivity index (χ0n) is 18.9. The molecule has 0 fully saturated rings. The summed E-state index contributed by atoms with van der Waals surface area (Å²) in [5.74, 6) is 4.80. The van der Waals surface area contributed by atoms with E-state index < -0.39 is 0 Å². The molecule has 1 heterocycles. The van der Waals surface area contributed by atoms with Crippen molar-refractivity contribution >= 4 is 40.2 Å². The number of allylic oxidation sites excluding steroid dienone is 2. The molecule has 1 N–H and O–H groups in total. The number of terminal acetylenes is 1. The summed E-state index contributed by atoms with van der Waals surface area (Å²) < 4.78 is 12.0. The number of rotatable bonds is 6. The third kappa shape index (κ3) is 4.43. The lowest BCUT2D eigenvalue weighted by Gasteiger charge is -2.37. The number of hydrogen-bond acceptors (Lipinski definition) is 4. The highest BCUT2D eigenvalue weighted by atomic mass is 127. The molecule has 0 spiro atoms. The van der Waals surface area contributed by atoms with E-state index in [1.54, 1.807) is 7.11 Å². The van der Waals surface area contributed by atoms with Crippen molar-refractivity contribution in [2.75, 3.05) is 19.0 Å². The first kappa shape index (κ1) is 22.5. The fraction of sp³-hybridized carbons (Fsp3) is 0.207. The van der Waals surface area contributed by atoms with Crippen LogP contribution in [0.1, 0.15) is 35.1 Å². The standard InChI is InChI=1S/C29H25IN2O2/c1-3-15-34-29-25(30)16-19(17-27(29)33-2)18-31-21-13-11-20(12-14-21)28-24-9-6-8-22(24)23-7-4-5-10-26(23)32-28/h1,4-8,10-14,16-18,22,24,28,32H,9,15H2,2H3/t22-,24+,28-/m0/s1. The molecular formula is C29H25IN2O2. The van der Waals surface area contributed by atoms with Crippen molar-refractivity contribution in [1.29, 1.82) is 0 Å². The van der Waals surface area contributed by atoms with Crippen LogP contribution < -0.4 is 14.8 Å². The molecular weight excluding hydrogens is 535 g/mol. The van der Waals surface area contributed by atoms with E-state index in [1.165, 1.54) is 16.8 Å². The minimum Gasteiger partial charge on any atom is -0.493 e. The number of ether oxygens (including phenoxy) is 2. The second-order valence-corrected chi connectivity index (χ2v) is 9.60. The van der Waals surface area contributed by atoms with E-state index in [4.69, 9.17) is 15.9 Å². The predicted octanol–water partition coefficient (Wildman–Crippen LogP) is 6.89. The van der Waals surface area contributed by atoms with Gasteiger partial charge in [0.1, 0.15) is 6.61 Å². The van der Waals surface area contributed by atoms with Crippen molar-refractivity contribution < 1.29 is 9.47 Å². The Balaban J connectivity index is 1.34. The number of hydrogen-bond donors (Lipinski definition) is 1. The average Bonchev–Trinajstić information content (AvgIpc) is 3.37. The van der Waals surface area contributed by atoms with Crippen LogP contribution in [-0.2, 0) is 0 Å². The molecule has 5 heteroatoms. The molecule has 5 rings (SSSR count). The fourth-order valence-electron chi connectivity index (χ4n) is 4.86. The Morgan fingerprint density at radius 1 is 1.18 bits per heavy atom. The van der Waals surface area contributed by atoms with Crippen LogP contribution in [0.4, 0.5) is 11.4 Å². The molecule has 1 aliphatic carbocycles. The van der Waals surface area contributed by atoms with Gasteiger partial charge in [-0.05, 0) is 82.0 Å². The molecule has 3 atom stereocenters. The van der Waals surface area contributed by atoms with E-state index in [-0.39, 0.29) is 12.6 Å². The van der Waals surface area contributed by atoms with Crippen molar-refractivity contribution in [3.05, 3.63) is 93.1 Å². The lowest BCUT2D eigenvalue weighted by molar-refractivity contribution is 0.328. The normalized spacial score (nSPS) is 20.3. The van der Waals surface area contributed by atoms with Crippen LogP contribution in [0.2, 0.25) is 0 Å². The summed E-state index contributed by atoms with van der Waals surface area (Å²) >= 11 is 2.22. The van der Waals surface area contributed by atoms with E-state index in [0.717, 1.165) is 21.2 Å². The Labute approximate surface area is 214 Å². The number of fused-ring (bicyclic) bond motifs is 3. The summed E-state index contributed by atoms with van der Waals surface area (Å²) in [4.78, 5) is 4.68. The number of benzene rings is 3. The molecule has 3 aromatic rings. The molecule has 0 unspecified atom stereocenters. The topological polar surface area (TPSA) is 42.8 Å². The van der Waals surface area contributed by atoms with Crippen LogP contribution in [0.25, 0.3) is 0 Å². The Hall–Kier alpha value is -3.24. The van der Waals surface area contributed by atoms with Gasteiger partial charge < -0.3 is 14.8 Å². The number of nitrogens with zero attached hydrogens (tertiary/aromatic N) is 1.